The van der Waals surface area contributed by atoms with E-state index in [2.05, 4.69) is 31.3 Å². The molecule has 11 heteroatoms. The normalized spacial score (nSPS) is 22.7. The second kappa shape index (κ2) is 33.9. The molecule has 0 radical (unpaired) electrons. The molecular formula is C43H83NO10. The number of carbonyl (C=O) groups is 1. The zero-order valence-corrected chi connectivity index (χ0v) is 34.2. The van der Waals surface area contributed by atoms with Gasteiger partial charge in [0.05, 0.1) is 25.4 Å². The number of hydrogen-bond donors (Lipinski definition) is 8. The van der Waals surface area contributed by atoms with E-state index in [9.17, 15) is 40.5 Å². The fourth-order valence-electron chi connectivity index (χ4n) is 7.08. The van der Waals surface area contributed by atoms with Crippen LogP contribution in [0.4, 0.5) is 0 Å². The maximum absolute atomic E-state index is 13.0. The molecule has 1 aliphatic rings. The quantitative estimate of drug-likeness (QED) is 0.0258. The van der Waals surface area contributed by atoms with E-state index in [1.807, 2.05) is 0 Å². The molecule has 1 saturated heterocycles. The van der Waals surface area contributed by atoms with Crippen molar-refractivity contribution in [1.82, 2.24) is 5.32 Å². The number of carbonyl (C=O) groups excluding carboxylic acids is 1. The van der Waals surface area contributed by atoms with Crippen LogP contribution < -0.4 is 5.32 Å². The van der Waals surface area contributed by atoms with Gasteiger partial charge in [-0.1, -0.05) is 161 Å². The predicted octanol–water partition coefficient (Wildman–Crippen LogP) is 6.50. The Bertz CT molecular complexity index is 892. The Morgan fingerprint density at radius 3 is 1.57 bits per heavy atom. The lowest BCUT2D eigenvalue weighted by Crippen LogP contribution is -2.60. The second-order valence-electron chi connectivity index (χ2n) is 15.8. The van der Waals surface area contributed by atoms with Gasteiger partial charge in [0, 0.05) is 0 Å². The van der Waals surface area contributed by atoms with Gasteiger partial charge in [0.1, 0.15) is 36.6 Å². The summed E-state index contributed by atoms with van der Waals surface area (Å²) in [6.07, 6.45) is 22.7. The van der Waals surface area contributed by atoms with Crippen LogP contribution in [0.15, 0.2) is 12.2 Å². The number of aliphatic hydroxyl groups is 7. The molecule has 0 aliphatic carbocycles. The average Bonchev–Trinajstić information content (AvgIpc) is 3.17. The third-order valence-corrected chi connectivity index (χ3v) is 10.8. The molecule has 0 aromatic rings. The van der Waals surface area contributed by atoms with Gasteiger partial charge in [0.15, 0.2) is 6.29 Å². The molecule has 0 aromatic carbocycles. The number of nitrogens with one attached hydrogen (secondary N) is 1. The summed E-state index contributed by atoms with van der Waals surface area (Å²) in [5, 5.41) is 75.4. The van der Waals surface area contributed by atoms with E-state index < -0.39 is 74.2 Å². The highest BCUT2D eigenvalue weighted by Gasteiger charge is 2.44. The van der Waals surface area contributed by atoms with Crippen LogP contribution in [0.2, 0.25) is 0 Å². The first-order valence-electron chi connectivity index (χ1n) is 22.1. The zero-order chi connectivity index (χ0) is 39.8. The SMILES string of the molecule is CCCCCCC=CCCCCCCCCCCCCC(O)C(=O)NC(COC1OC(CO)C(O)C(O)C1O)C(O)C(O)CCCCCCCCCCC. The Balaban J connectivity index is 2.43. The number of rotatable bonds is 36. The first kappa shape index (κ1) is 50.9. The summed E-state index contributed by atoms with van der Waals surface area (Å²) >= 11 is 0. The Kier molecular flexibility index (Phi) is 32.0. The lowest BCUT2D eigenvalue weighted by molar-refractivity contribution is -0.303. The van der Waals surface area contributed by atoms with Gasteiger partial charge >= 0.3 is 0 Å². The molecule has 0 spiro atoms. The number of unbranched alkanes of at least 4 members (excludes halogenated alkanes) is 22. The maximum atomic E-state index is 13.0. The minimum absolute atomic E-state index is 0.260. The summed E-state index contributed by atoms with van der Waals surface area (Å²) < 4.78 is 11.0. The van der Waals surface area contributed by atoms with Gasteiger partial charge in [-0.25, -0.2) is 0 Å². The highest BCUT2D eigenvalue weighted by Crippen LogP contribution is 2.23. The van der Waals surface area contributed by atoms with Crippen LogP contribution in [0.5, 0.6) is 0 Å². The topological polar surface area (TPSA) is 189 Å². The van der Waals surface area contributed by atoms with Gasteiger partial charge in [-0.05, 0) is 38.5 Å². The van der Waals surface area contributed by atoms with Crippen LogP contribution in [0.1, 0.15) is 187 Å². The maximum Gasteiger partial charge on any atom is 0.249 e. The molecule has 320 valence electrons. The van der Waals surface area contributed by atoms with Crippen molar-refractivity contribution in [3.8, 4) is 0 Å². The van der Waals surface area contributed by atoms with Crippen molar-refractivity contribution in [3.63, 3.8) is 0 Å². The molecule has 0 bridgehead atoms. The van der Waals surface area contributed by atoms with Gasteiger partial charge in [-0.3, -0.25) is 4.79 Å². The molecule has 1 rings (SSSR count). The van der Waals surface area contributed by atoms with Gasteiger partial charge in [0.25, 0.3) is 0 Å². The minimum Gasteiger partial charge on any atom is -0.394 e. The largest absolute Gasteiger partial charge is 0.394 e. The first-order chi connectivity index (χ1) is 26.2. The lowest BCUT2D eigenvalue weighted by Gasteiger charge is -2.40. The number of hydrogen-bond acceptors (Lipinski definition) is 10. The molecule has 0 aromatic heterocycles. The molecule has 1 heterocycles. The third-order valence-electron chi connectivity index (χ3n) is 10.8. The molecule has 8 N–H and O–H groups in total. The zero-order valence-electron chi connectivity index (χ0n) is 34.2. The number of allylic oxidation sites excluding steroid dienone is 2. The van der Waals surface area contributed by atoms with Crippen LogP contribution in [0.3, 0.4) is 0 Å². The fraction of sp³-hybridized carbons (Fsp3) is 0.930. The van der Waals surface area contributed by atoms with Crippen LogP contribution in [0, 0.1) is 0 Å². The summed E-state index contributed by atoms with van der Waals surface area (Å²) in [5.74, 6) is -0.700. The van der Waals surface area contributed by atoms with Crippen molar-refractivity contribution in [3.05, 3.63) is 12.2 Å². The predicted molar refractivity (Wildman–Crippen MR) is 215 cm³/mol. The standard InChI is InChI=1S/C43H83NO10/c1-3-5-7-9-11-13-14-15-16-17-18-19-20-21-23-25-27-29-31-36(47)42(52)44-34(33-53-43-41(51)40(50)39(49)37(32-45)54-43)38(48)35(46)30-28-26-24-22-12-10-8-6-4-2/h13-14,34-41,43,45-51H,3-12,15-33H2,1-2H3,(H,44,52). The van der Waals surface area contributed by atoms with E-state index in [0.717, 1.165) is 38.5 Å². The smallest absolute Gasteiger partial charge is 0.249 e. The van der Waals surface area contributed by atoms with E-state index in [0.29, 0.717) is 19.3 Å². The molecule has 1 fully saturated rings. The summed E-state index contributed by atoms with van der Waals surface area (Å²) in [4.78, 5) is 13.0. The van der Waals surface area contributed by atoms with Crippen molar-refractivity contribution in [2.24, 2.45) is 0 Å². The van der Waals surface area contributed by atoms with Gasteiger partial charge in [0.2, 0.25) is 5.91 Å². The van der Waals surface area contributed by atoms with Crippen molar-refractivity contribution < 1.29 is 50.0 Å². The molecule has 11 nitrogen and oxygen atoms in total. The summed E-state index contributed by atoms with van der Waals surface area (Å²) in [7, 11) is 0. The highest BCUT2D eigenvalue weighted by molar-refractivity contribution is 5.80. The van der Waals surface area contributed by atoms with Crippen molar-refractivity contribution in [2.75, 3.05) is 13.2 Å². The highest BCUT2D eigenvalue weighted by atomic mass is 16.7. The van der Waals surface area contributed by atoms with E-state index in [1.54, 1.807) is 0 Å². The molecule has 1 amide bonds. The minimum atomic E-state index is -1.66. The van der Waals surface area contributed by atoms with Crippen molar-refractivity contribution in [2.45, 2.75) is 242 Å². The Hall–Kier alpha value is -1.15. The van der Waals surface area contributed by atoms with E-state index in [-0.39, 0.29) is 6.42 Å². The molecule has 54 heavy (non-hydrogen) atoms. The van der Waals surface area contributed by atoms with Crippen LogP contribution >= 0.6 is 0 Å². The third kappa shape index (κ3) is 23.8. The number of ether oxygens (including phenoxy) is 2. The first-order valence-corrected chi connectivity index (χ1v) is 22.1. The number of amides is 1. The molecular weight excluding hydrogens is 690 g/mol. The molecule has 9 unspecified atom stereocenters. The van der Waals surface area contributed by atoms with E-state index in [4.69, 9.17) is 9.47 Å². The average molecular weight is 774 g/mol. The summed E-state index contributed by atoms with van der Waals surface area (Å²) in [5.41, 5.74) is 0. The molecule has 1 aliphatic heterocycles. The van der Waals surface area contributed by atoms with Gasteiger partial charge < -0.3 is 50.5 Å². The molecule has 9 atom stereocenters. The monoisotopic (exact) mass is 774 g/mol. The Labute approximate surface area is 328 Å². The van der Waals surface area contributed by atoms with Crippen LogP contribution in [-0.4, -0.2) is 110 Å². The van der Waals surface area contributed by atoms with E-state index >= 15 is 0 Å². The van der Waals surface area contributed by atoms with Crippen molar-refractivity contribution in [1.29, 1.82) is 0 Å². The van der Waals surface area contributed by atoms with Crippen molar-refractivity contribution >= 4 is 5.91 Å². The number of aliphatic hydroxyl groups excluding tert-OH is 7. The fourth-order valence-corrected chi connectivity index (χ4v) is 7.08. The lowest BCUT2D eigenvalue weighted by atomic mass is 9.98. The second-order valence-corrected chi connectivity index (χ2v) is 15.8. The van der Waals surface area contributed by atoms with E-state index in [1.165, 1.54) is 109 Å². The Morgan fingerprint density at radius 2 is 1.07 bits per heavy atom. The summed E-state index contributed by atoms with van der Waals surface area (Å²) in [6.45, 7) is 3.39. The van der Waals surface area contributed by atoms with Gasteiger partial charge in [-0.2, -0.15) is 0 Å². The summed E-state index contributed by atoms with van der Waals surface area (Å²) in [6, 6.07) is -1.16. The Morgan fingerprint density at radius 1 is 0.630 bits per heavy atom. The van der Waals surface area contributed by atoms with Crippen LogP contribution in [0.25, 0.3) is 0 Å². The van der Waals surface area contributed by atoms with Gasteiger partial charge in [-0.15, -0.1) is 0 Å². The van der Waals surface area contributed by atoms with Crippen LogP contribution in [-0.2, 0) is 14.3 Å². The molecule has 0 saturated carbocycles.